The topological polar surface area (TPSA) is 64.6 Å². The molecule has 2 heterocycles. The predicted molar refractivity (Wildman–Crippen MR) is 93.4 cm³/mol. The van der Waals surface area contributed by atoms with Crippen LogP contribution in [0.5, 0.6) is 5.75 Å². The van der Waals surface area contributed by atoms with Gasteiger partial charge < -0.3 is 18.9 Å². The van der Waals surface area contributed by atoms with Crippen LogP contribution in [-0.2, 0) is 0 Å². The normalized spacial score (nSPS) is 10.8. The van der Waals surface area contributed by atoms with Crippen LogP contribution < -0.4 is 10.1 Å². The smallest absolute Gasteiger partial charge is 0.200 e. The highest BCUT2D eigenvalue weighted by atomic mass is 16.5. The van der Waals surface area contributed by atoms with E-state index in [1.54, 1.807) is 31.6 Å². The zero-order valence-corrected chi connectivity index (χ0v) is 13.7. The molecule has 1 N–H and O–H groups in total. The molecule has 24 heavy (non-hydrogen) atoms. The third-order valence-corrected chi connectivity index (χ3v) is 3.72. The number of Topliss-reactive ketones (excluding diaryl/α,β-unsaturated/α-hetero) is 1. The van der Waals surface area contributed by atoms with E-state index >= 15 is 0 Å². The van der Waals surface area contributed by atoms with Gasteiger partial charge in [0.2, 0.25) is 0 Å². The van der Waals surface area contributed by atoms with Gasteiger partial charge in [-0.3, -0.25) is 4.79 Å². The van der Waals surface area contributed by atoms with E-state index in [9.17, 15) is 4.79 Å². The number of fused-ring (bicyclic) bond motifs is 1. The van der Waals surface area contributed by atoms with Gasteiger partial charge in [-0.1, -0.05) is 19.6 Å². The molecule has 0 amide bonds. The van der Waals surface area contributed by atoms with Crippen LogP contribution in [0.2, 0.25) is 0 Å². The van der Waals surface area contributed by atoms with Crippen LogP contribution in [0.25, 0.3) is 16.7 Å². The Hall–Kier alpha value is -2.95. The Kier molecular flexibility index (Phi) is 4.42. The van der Waals surface area contributed by atoms with Crippen molar-refractivity contribution in [1.82, 2.24) is 0 Å². The fourth-order valence-electron chi connectivity index (χ4n) is 2.58. The summed E-state index contributed by atoms with van der Waals surface area (Å²) in [5, 5.41) is 3.93. The number of ether oxygens (including phenoxy) is 1. The number of rotatable bonds is 7. The summed E-state index contributed by atoms with van der Waals surface area (Å²) in [6, 6.07) is 9.10. The van der Waals surface area contributed by atoms with E-state index in [0.29, 0.717) is 34.9 Å². The quantitative estimate of drug-likeness (QED) is 0.612. The van der Waals surface area contributed by atoms with E-state index < -0.39 is 0 Å². The number of para-hydroxylation sites is 1. The molecular formula is C19H19NO4. The maximum Gasteiger partial charge on any atom is 0.200 e. The molecule has 0 fully saturated rings. The lowest BCUT2D eigenvalue weighted by Crippen LogP contribution is -2.03. The molecule has 0 unspecified atom stereocenters. The van der Waals surface area contributed by atoms with Gasteiger partial charge in [-0.25, -0.2) is 0 Å². The van der Waals surface area contributed by atoms with Gasteiger partial charge in [-0.05, 0) is 30.7 Å². The number of hydrogen-bond acceptors (Lipinski definition) is 5. The summed E-state index contributed by atoms with van der Waals surface area (Å²) in [5.74, 6) is 1.39. The first-order valence-electron chi connectivity index (χ1n) is 7.78. The number of ketones is 1. The Balaban J connectivity index is 2.10. The summed E-state index contributed by atoms with van der Waals surface area (Å²) in [4.78, 5) is 12.5. The Labute approximate surface area is 139 Å². The number of hydrogen-bond donors (Lipinski definition) is 1. The predicted octanol–water partition coefficient (Wildman–Crippen LogP) is 5.10. The molecule has 5 heteroatoms. The maximum absolute atomic E-state index is 12.5. The van der Waals surface area contributed by atoms with Crippen LogP contribution in [0.15, 0.2) is 52.0 Å². The molecule has 0 bridgehead atoms. The summed E-state index contributed by atoms with van der Waals surface area (Å²) in [6.45, 7) is 5.93. The van der Waals surface area contributed by atoms with Crippen molar-refractivity contribution in [2.75, 3.05) is 12.4 Å². The Morgan fingerprint density at radius 1 is 1.29 bits per heavy atom. The van der Waals surface area contributed by atoms with E-state index in [1.807, 2.05) is 19.1 Å². The Bertz CT molecular complexity index is 874. The molecule has 0 spiro atoms. The molecule has 5 nitrogen and oxygen atoms in total. The average molecular weight is 325 g/mol. The standard InChI is InChI=1S/C19H19NO4/c1-4-7-14(21)19-17(20-12(2)15-10-6-11-23-15)13-8-5-9-16(22-3)18(13)24-19/h5-6,8-11,20H,2,4,7H2,1,3H3. The van der Waals surface area contributed by atoms with Crippen molar-refractivity contribution in [1.29, 1.82) is 0 Å². The lowest BCUT2D eigenvalue weighted by atomic mass is 10.1. The minimum atomic E-state index is -0.0644. The summed E-state index contributed by atoms with van der Waals surface area (Å²) in [7, 11) is 1.57. The van der Waals surface area contributed by atoms with Crippen LogP contribution in [0.4, 0.5) is 5.69 Å². The monoisotopic (exact) mass is 325 g/mol. The van der Waals surface area contributed by atoms with Gasteiger partial charge in [0, 0.05) is 11.8 Å². The highest BCUT2D eigenvalue weighted by Gasteiger charge is 2.23. The molecule has 0 aliphatic heterocycles. The molecule has 0 aliphatic rings. The van der Waals surface area contributed by atoms with Crippen molar-refractivity contribution in [2.24, 2.45) is 0 Å². The molecule has 2 aromatic heterocycles. The Morgan fingerprint density at radius 3 is 2.79 bits per heavy atom. The SMILES string of the molecule is C=C(Nc1c(C(=O)CCC)oc2c(OC)cccc12)c1ccco1. The minimum Gasteiger partial charge on any atom is -0.493 e. The molecule has 0 aliphatic carbocycles. The third kappa shape index (κ3) is 2.80. The van der Waals surface area contributed by atoms with Crippen molar-refractivity contribution in [3.05, 3.63) is 54.7 Å². The molecule has 0 saturated heterocycles. The van der Waals surface area contributed by atoms with Gasteiger partial charge in [0.15, 0.2) is 22.9 Å². The van der Waals surface area contributed by atoms with Crippen LogP contribution in [0, 0.1) is 0 Å². The molecule has 3 aromatic rings. The maximum atomic E-state index is 12.5. The van der Waals surface area contributed by atoms with Gasteiger partial charge in [0.05, 0.1) is 24.8 Å². The van der Waals surface area contributed by atoms with Crippen LogP contribution in [-0.4, -0.2) is 12.9 Å². The molecule has 1 aromatic carbocycles. The van der Waals surface area contributed by atoms with Crippen molar-refractivity contribution in [3.63, 3.8) is 0 Å². The number of carbonyl (C=O) groups excluding carboxylic acids is 1. The molecular weight excluding hydrogens is 306 g/mol. The van der Waals surface area contributed by atoms with Crippen LogP contribution in [0.1, 0.15) is 36.1 Å². The zero-order chi connectivity index (χ0) is 17.1. The average Bonchev–Trinajstić information content (AvgIpc) is 3.23. The molecule has 0 atom stereocenters. The first-order valence-corrected chi connectivity index (χ1v) is 7.78. The molecule has 3 rings (SSSR count). The van der Waals surface area contributed by atoms with Gasteiger partial charge in [0.1, 0.15) is 5.76 Å². The fraction of sp³-hybridized carbons (Fsp3) is 0.211. The van der Waals surface area contributed by atoms with Gasteiger partial charge in [0.25, 0.3) is 0 Å². The largest absolute Gasteiger partial charge is 0.493 e. The second kappa shape index (κ2) is 6.66. The number of carbonyl (C=O) groups is 1. The second-order valence-corrected chi connectivity index (χ2v) is 5.40. The number of benzene rings is 1. The van der Waals surface area contributed by atoms with Gasteiger partial charge in [-0.2, -0.15) is 0 Å². The van der Waals surface area contributed by atoms with Crippen LogP contribution >= 0.6 is 0 Å². The highest BCUT2D eigenvalue weighted by Crippen LogP contribution is 2.38. The van der Waals surface area contributed by atoms with Gasteiger partial charge >= 0.3 is 0 Å². The highest BCUT2D eigenvalue weighted by molar-refractivity contribution is 6.09. The van der Waals surface area contributed by atoms with E-state index in [-0.39, 0.29) is 11.5 Å². The van der Waals surface area contributed by atoms with Crippen molar-refractivity contribution >= 4 is 28.1 Å². The summed E-state index contributed by atoms with van der Waals surface area (Å²) < 4.78 is 16.5. The van der Waals surface area contributed by atoms with E-state index in [0.717, 1.165) is 11.8 Å². The number of nitrogens with one attached hydrogen (secondary N) is 1. The summed E-state index contributed by atoms with van der Waals surface area (Å²) in [6.07, 6.45) is 2.72. The van der Waals surface area contributed by atoms with Gasteiger partial charge in [-0.15, -0.1) is 0 Å². The van der Waals surface area contributed by atoms with E-state index in [4.69, 9.17) is 13.6 Å². The number of furan rings is 2. The molecule has 124 valence electrons. The molecule has 0 saturated carbocycles. The summed E-state index contributed by atoms with van der Waals surface area (Å²) in [5.41, 5.74) is 1.68. The first kappa shape index (κ1) is 15.9. The minimum absolute atomic E-state index is 0.0644. The van der Waals surface area contributed by atoms with E-state index in [2.05, 4.69) is 11.9 Å². The summed E-state index contributed by atoms with van der Waals surface area (Å²) >= 11 is 0. The fourth-order valence-corrected chi connectivity index (χ4v) is 2.58. The van der Waals surface area contributed by atoms with Crippen molar-refractivity contribution in [2.45, 2.75) is 19.8 Å². The lowest BCUT2D eigenvalue weighted by Gasteiger charge is -2.07. The number of anilines is 1. The van der Waals surface area contributed by atoms with Crippen LogP contribution in [0.3, 0.4) is 0 Å². The third-order valence-electron chi connectivity index (χ3n) is 3.72. The van der Waals surface area contributed by atoms with E-state index in [1.165, 1.54) is 0 Å². The van der Waals surface area contributed by atoms with Crippen molar-refractivity contribution < 1.29 is 18.4 Å². The zero-order valence-electron chi connectivity index (χ0n) is 13.7. The molecule has 0 radical (unpaired) electrons. The lowest BCUT2D eigenvalue weighted by molar-refractivity contribution is 0.0958. The second-order valence-electron chi connectivity index (χ2n) is 5.40. The Morgan fingerprint density at radius 2 is 2.12 bits per heavy atom. The van der Waals surface area contributed by atoms with Crippen molar-refractivity contribution in [3.8, 4) is 5.75 Å². The number of methoxy groups -OCH3 is 1. The first-order chi connectivity index (χ1) is 11.7.